The first-order valence-corrected chi connectivity index (χ1v) is 6.80. The molecule has 2 heterocycles. The topological polar surface area (TPSA) is 63.0 Å². The molecule has 0 saturated carbocycles. The minimum Gasteiger partial charge on any atom is -0.278 e. The fourth-order valence-corrected chi connectivity index (χ4v) is 2.49. The Bertz CT molecular complexity index is 997. The summed E-state index contributed by atoms with van der Waals surface area (Å²) in [5.74, 6) is 0.00155. The van der Waals surface area contributed by atoms with E-state index in [0.717, 1.165) is 11.1 Å². The van der Waals surface area contributed by atoms with Crippen molar-refractivity contribution in [3.05, 3.63) is 81.8 Å². The summed E-state index contributed by atoms with van der Waals surface area (Å²) in [5.41, 5.74) is 2.51. The van der Waals surface area contributed by atoms with Crippen molar-refractivity contribution < 1.29 is 4.39 Å². The Morgan fingerprint density at radius 2 is 2.18 bits per heavy atom. The van der Waals surface area contributed by atoms with E-state index in [9.17, 15) is 9.18 Å². The fourth-order valence-electron chi connectivity index (χ4n) is 2.49. The average molecular weight is 294 g/mol. The molecule has 0 aliphatic heterocycles. The normalized spacial score (nSPS) is 13.2. The molecule has 0 spiro atoms. The molecule has 5 nitrogen and oxygen atoms in total. The minimum absolute atomic E-state index is 0.219. The van der Waals surface area contributed by atoms with E-state index in [1.54, 1.807) is 12.1 Å². The van der Waals surface area contributed by atoms with E-state index in [-0.39, 0.29) is 11.4 Å². The first kappa shape index (κ1) is 12.7. The van der Waals surface area contributed by atoms with Crippen molar-refractivity contribution in [1.82, 2.24) is 19.6 Å². The molecule has 0 unspecified atom stereocenters. The molecule has 4 rings (SSSR count). The predicted molar refractivity (Wildman–Crippen MR) is 79.9 cm³/mol. The van der Waals surface area contributed by atoms with E-state index >= 15 is 0 Å². The smallest absolute Gasteiger partial charge is 0.278 e. The molecule has 1 aliphatic carbocycles. The van der Waals surface area contributed by atoms with E-state index in [1.807, 2.05) is 18.2 Å². The molecular formula is C16H11FN4O. The summed E-state index contributed by atoms with van der Waals surface area (Å²) < 4.78 is 14.7. The number of aromatic nitrogens is 4. The van der Waals surface area contributed by atoms with Gasteiger partial charge in [-0.15, -0.1) is 0 Å². The molecule has 1 N–H and O–H groups in total. The van der Waals surface area contributed by atoms with Crippen molar-refractivity contribution in [2.45, 2.75) is 6.42 Å². The van der Waals surface area contributed by atoms with Gasteiger partial charge in [-0.3, -0.25) is 9.89 Å². The van der Waals surface area contributed by atoms with E-state index in [2.05, 4.69) is 15.1 Å². The highest BCUT2D eigenvalue weighted by atomic mass is 19.1. The third-order valence-electron chi connectivity index (χ3n) is 3.62. The molecule has 0 fully saturated rings. The predicted octanol–water partition coefficient (Wildman–Crippen LogP) is 2.10. The Labute approximate surface area is 124 Å². The van der Waals surface area contributed by atoms with Crippen LogP contribution in [0.1, 0.15) is 16.8 Å². The van der Waals surface area contributed by atoms with E-state index in [1.165, 1.54) is 23.0 Å². The number of nitrogens with zero attached hydrogens (tertiary/aromatic N) is 3. The summed E-state index contributed by atoms with van der Waals surface area (Å²) in [7, 11) is 0. The maximum absolute atomic E-state index is 13.4. The zero-order valence-electron chi connectivity index (χ0n) is 11.5. The number of hydrogen-bond acceptors (Lipinski definition) is 3. The molecule has 1 aromatic carbocycles. The second-order valence-corrected chi connectivity index (χ2v) is 5.05. The van der Waals surface area contributed by atoms with Crippen LogP contribution in [0.4, 0.5) is 4.39 Å². The van der Waals surface area contributed by atoms with E-state index in [0.29, 0.717) is 23.5 Å². The second-order valence-electron chi connectivity index (χ2n) is 5.05. The Balaban J connectivity index is 1.90. The molecule has 2 aromatic heterocycles. The zero-order valence-corrected chi connectivity index (χ0v) is 11.5. The summed E-state index contributed by atoms with van der Waals surface area (Å²) >= 11 is 0. The van der Waals surface area contributed by atoms with Crippen molar-refractivity contribution in [2.24, 2.45) is 0 Å². The second kappa shape index (κ2) is 4.77. The van der Waals surface area contributed by atoms with Crippen molar-refractivity contribution in [2.75, 3.05) is 0 Å². The van der Waals surface area contributed by atoms with Gasteiger partial charge in [-0.25, -0.2) is 14.4 Å². The number of nitrogens with one attached hydrogen (secondary N) is 1. The van der Waals surface area contributed by atoms with Crippen LogP contribution in [0.2, 0.25) is 0 Å². The van der Waals surface area contributed by atoms with Gasteiger partial charge in [0.05, 0.1) is 11.3 Å². The maximum atomic E-state index is 13.4. The maximum Gasteiger partial charge on any atom is 0.278 e. The summed E-state index contributed by atoms with van der Waals surface area (Å²) in [6, 6.07) is 6.23. The highest BCUT2D eigenvalue weighted by Crippen LogP contribution is 2.24. The van der Waals surface area contributed by atoms with Crippen molar-refractivity contribution in [3.63, 3.8) is 0 Å². The van der Waals surface area contributed by atoms with Crippen LogP contribution in [-0.2, 0) is 6.42 Å². The molecule has 3 aromatic rings. The molecule has 22 heavy (non-hydrogen) atoms. The van der Waals surface area contributed by atoms with Gasteiger partial charge in [0.15, 0.2) is 0 Å². The van der Waals surface area contributed by atoms with Gasteiger partial charge in [-0.05, 0) is 17.7 Å². The van der Waals surface area contributed by atoms with Crippen LogP contribution < -0.4 is 5.56 Å². The SMILES string of the molecule is O=c1c(Cc2cccc(F)c2)c(C2=CC=C2)nc2nc[nH]n12. The molecular weight excluding hydrogens is 283 g/mol. The van der Waals surface area contributed by atoms with Gasteiger partial charge in [-0.2, -0.15) is 4.52 Å². The molecule has 0 saturated heterocycles. The number of aromatic amines is 1. The van der Waals surface area contributed by atoms with Gasteiger partial charge in [0.25, 0.3) is 11.3 Å². The van der Waals surface area contributed by atoms with Crippen LogP contribution in [0.15, 0.2) is 53.6 Å². The van der Waals surface area contributed by atoms with Crippen LogP contribution in [0.5, 0.6) is 0 Å². The molecule has 0 amide bonds. The quantitative estimate of drug-likeness (QED) is 0.804. The molecule has 108 valence electrons. The van der Waals surface area contributed by atoms with Crippen LogP contribution in [0, 0.1) is 5.82 Å². The molecule has 0 bridgehead atoms. The van der Waals surface area contributed by atoms with Crippen molar-refractivity contribution in [3.8, 4) is 0 Å². The summed E-state index contributed by atoms with van der Waals surface area (Å²) in [5, 5.41) is 2.75. The van der Waals surface area contributed by atoms with Gasteiger partial charge < -0.3 is 0 Å². The molecule has 0 atom stereocenters. The fraction of sp³-hybridized carbons (Fsp3) is 0.0625. The zero-order chi connectivity index (χ0) is 15.1. The number of rotatable bonds is 3. The number of H-pyrrole nitrogens is 1. The van der Waals surface area contributed by atoms with Gasteiger partial charge in [0.2, 0.25) is 0 Å². The van der Waals surface area contributed by atoms with Gasteiger partial charge in [0, 0.05) is 12.0 Å². The first-order chi connectivity index (χ1) is 10.7. The summed E-state index contributed by atoms with van der Waals surface area (Å²) in [6.45, 7) is 0. The van der Waals surface area contributed by atoms with Gasteiger partial charge in [0.1, 0.15) is 12.1 Å². The Morgan fingerprint density at radius 1 is 1.32 bits per heavy atom. The third kappa shape index (κ3) is 1.96. The minimum atomic E-state index is -0.322. The number of benzene rings is 1. The Kier molecular flexibility index (Phi) is 2.75. The van der Waals surface area contributed by atoms with Gasteiger partial charge >= 0.3 is 0 Å². The number of halogens is 1. The van der Waals surface area contributed by atoms with Crippen molar-refractivity contribution >= 4 is 11.4 Å². The van der Waals surface area contributed by atoms with Crippen LogP contribution in [-0.4, -0.2) is 19.6 Å². The molecule has 6 heteroatoms. The number of fused-ring (bicyclic) bond motifs is 1. The van der Waals surface area contributed by atoms with Gasteiger partial charge in [-0.1, -0.05) is 30.4 Å². The standard InChI is InChI=1S/C16H11FN4O/c17-12-6-1-3-10(7-12)8-13-14(11-4-2-5-11)20-16-18-9-19-21(16)15(13)22/h1-7,9H,8H2,(H,18,19,20). The van der Waals surface area contributed by atoms with Crippen LogP contribution in [0.3, 0.4) is 0 Å². The third-order valence-corrected chi connectivity index (χ3v) is 3.62. The molecule has 0 radical (unpaired) electrons. The Hall–Kier alpha value is -3.02. The average Bonchev–Trinajstić information content (AvgIpc) is 2.90. The number of allylic oxidation sites excluding steroid dienone is 4. The summed E-state index contributed by atoms with van der Waals surface area (Å²) in [4.78, 5) is 21.1. The van der Waals surface area contributed by atoms with Crippen LogP contribution >= 0.6 is 0 Å². The largest absolute Gasteiger partial charge is 0.278 e. The van der Waals surface area contributed by atoms with Crippen LogP contribution in [0.25, 0.3) is 11.4 Å². The Morgan fingerprint density at radius 3 is 2.91 bits per heavy atom. The lowest BCUT2D eigenvalue weighted by Gasteiger charge is -2.12. The highest BCUT2D eigenvalue weighted by Gasteiger charge is 2.18. The summed E-state index contributed by atoms with van der Waals surface area (Å²) in [6.07, 6.45) is 7.39. The lowest BCUT2D eigenvalue weighted by molar-refractivity contribution is 0.626. The lowest BCUT2D eigenvalue weighted by Crippen LogP contribution is -2.23. The van der Waals surface area contributed by atoms with Crippen molar-refractivity contribution in [1.29, 1.82) is 0 Å². The number of hydrogen-bond donors (Lipinski definition) is 1. The van der Waals surface area contributed by atoms with E-state index < -0.39 is 0 Å². The first-order valence-electron chi connectivity index (χ1n) is 6.80. The van der Waals surface area contributed by atoms with E-state index in [4.69, 9.17) is 0 Å². The molecule has 1 aliphatic rings. The lowest BCUT2D eigenvalue weighted by atomic mass is 9.97. The highest BCUT2D eigenvalue weighted by molar-refractivity contribution is 5.81. The monoisotopic (exact) mass is 294 g/mol.